The van der Waals surface area contributed by atoms with E-state index in [2.05, 4.69) is 0 Å². The van der Waals surface area contributed by atoms with Crippen molar-refractivity contribution in [3.63, 3.8) is 0 Å². The SMILES string of the molecule is Cc1cc(O[C@H](C)C(=O)N(C)c2ccccc2)cc(C)c1Cl. The Kier molecular flexibility index (Phi) is 5.09. The van der Waals surface area contributed by atoms with Crippen molar-refractivity contribution in [2.75, 3.05) is 11.9 Å². The van der Waals surface area contributed by atoms with Gasteiger partial charge in [-0.2, -0.15) is 0 Å². The van der Waals surface area contributed by atoms with E-state index in [0.29, 0.717) is 5.75 Å². The highest BCUT2D eigenvalue weighted by atomic mass is 35.5. The van der Waals surface area contributed by atoms with Gasteiger partial charge in [-0.3, -0.25) is 4.79 Å². The second-order valence-electron chi connectivity index (χ2n) is 5.36. The van der Waals surface area contributed by atoms with Gasteiger partial charge in [0.25, 0.3) is 5.91 Å². The summed E-state index contributed by atoms with van der Waals surface area (Å²) < 4.78 is 5.79. The van der Waals surface area contributed by atoms with Crippen LogP contribution in [0.3, 0.4) is 0 Å². The van der Waals surface area contributed by atoms with Crippen molar-refractivity contribution in [2.45, 2.75) is 26.9 Å². The molecule has 0 aliphatic heterocycles. The Hall–Kier alpha value is -2.00. The average Bonchev–Trinajstić information content (AvgIpc) is 2.51. The molecule has 1 amide bonds. The predicted molar refractivity (Wildman–Crippen MR) is 90.9 cm³/mol. The first kappa shape index (κ1) is 16.4. The molecule has 4 heteroatoms. The van der Waals surface area contributed by atoms with E-state index in [1.165, 1.54) is 0 Å². The summed E-state index contributed by atoms with van der Waals surface area (Å²) in [6, 6.07) is 13.2. The smallest absolute Gasteiger partial charge is 0.267 e. The number of amides is 1. The lowest BCUT2D eigenvalue weighted by atomic mass is 10.1. The van der Waals surface area contributed by atoms with Crippen molar-refractivity contribution in [1.29, 1.82) is 0 Å². The lowest BCUT2D eigenvalue weighted by Gasteiger charge is -2.22. The summed E-state index contributed by atoms with van der Waals surface area (Å²) in [4.78, 5) is 14.1. The number of benzene rings is 2. The Bertz CT molecular complexity index is 647. The van der Waals surface area contributed by atoms with Gasteiger partial charge < -0.3 is 9.64 Å². The minimum absolute atomic E-state index is 0.101. The fraction of sp³-hybridized carbons (Fsp3) is 0.278. The zero-order valence-corrected chi connectivity index (χ0v) is 14.0. The molecule has 0 bridgehead atoms. The molecule has 2 rings (SSSR count). The molecule has 2 aromatic carbocycles. The van der Waals surface area contributed by atoms with Crippen molar-refractivity contribution in [3.05, 3.63) is 58.6 Å². The van der Waals surface area contributed by atoms with Crippen molar-refractivity contribution >= 4 is 23.2 Å². The van der Waals surface area contributed by atoms with Crippen molar-refractivity contribution in [1.82, 2.24) is 0 Å². The molecule has 1 atom stereocenters. The van der Waals surface area contributed by atoms with Gasteiger partial charge in [0, 0.05) is 17.8 Å². The highest BCUT2D eigenvalue weighted by Crippen LogP contribution is 2.26. The average molecular weight is 318 g/mol. The van der Waals surface area contributed by atoms with Crippen molar-refractivity contribution in [2.24, 2.45) is 0 Å². The minimum Gasteiger partial charge on any atom is -0.481 e. The molecule has 0 aromatic heterocycles. The van der Waals surface area contributed by atoms with Gasteiger partial charge in [0.15, 0.2) is 6.10 Å². The molecule has 2 aromatic rings. The van der Waals surface area contributed by atoms with Gasteiger partial charge in [0.1, 0.15) is 5.75 Å². The lowest BCUT2D eigenvalue weighted by Crippen LogP contribution is -2.38. The van der Waals surface area contributed by atoms with E-state index >= 15 is 0 Å². The fourth-order valence-corrected chi connectivity index (χ4v) is 2.39. The number of carbonyl (C=O) groups excluding carboxylic acids is 1. The Morgan fingerprint density at radius 3 is 2.23 bits per heavy atom. The molecule has 116 valence electrons. The van der Waals surface area contributed by atoms with Crippen LogP contribution in [0.5, 0.6) is 5.75 Å². The molecular weight excluding hydrogens is 298 g/mol. The highest BCUT2D eigenvalue weighted by Gasteiger charge is 2.20. The maximum atomic E-state index is 12.5. The van der Waals surface area contributed by atoms with Crippen LogP contribution >= 0.6 is 11.6 Å². The van der Waals surface area contributed by atoms with E-state index in [1.807, 2.05) is 56.3 Å². The predicted octanol–water partition coefficient (Wildman–Crippen LogP) is 4.39. The van der Waals surface area contributed by atoms with Gasteiger partial charge in [-0.15, -0.1) is 0 Å². The number of carbonyl (C=O) groups is 1. The fourth-order valence-electron chi connectivity index (χ4n) is 2.28. The van der Waals surface area contributed by atoms with Gasteiger partial charge >= 0.3 is 0 Å². The minimum atomic E-state index is -0.579. The third-order valence-corrected chi connectivity index (χ3v) is 4.14. The van der Waals surface area contributed by atoms with Gasteiger partial charge in [0.2, 0.25) is 0 Å². The van der Waals surface area contributed by atoms with Gasteiger partial charge in [-0.25, -0.2) is 0 Å². The Balaban J connectivity index is 2.12. The van der Waals surface area contributed by atoms with Crippen molar-refractivity contribution in [3.8, 4) is 5.75 Å². The molecule has 0 N–H and O–H groups in total. The van der Waals surface area contributed by atoms with E-state index in [9.17, 15) is 4.79 Å². The molecule has 0 radical (unpaired) electrons. The maximum Gasteiger partial charge on any atom is 0.267 e. The monoisotopic (exact) mass is 317 g/mol. The number of halogens is 1. The number of nitrogens with zero attached hydrogens (tertiary/aromatic N) is 1. The first-order valence-electron chi connectivity index (χ1n) is 7.16. The van der Waals surface area contributed by atoms with Crippen LogP contribution in [0, 0.1) is 13.8 Å². The van der Waals surface area contributed by atoms with E-state index in [-0.39, 0.29) is 5.91 Å². The molecule has 3 nitrogen and oxygen atoms in total. The van der Waals surface area contributed by atoms with E-state index < -0.39 is 6.10 Å². The first-order chi connectivity index (χ1) is 10.4. The van der Waals surface area contributed by atoms with Crippen LogP contribution < -0.4 is 9.64 Å². The maximum absolute atomic E-state index is 12.5. The van der Waals surface area contributed by atoms with Crippen LogP contribution in [-0.4, -0.2) is 19.1 Å². The third-order valence-electron chi connectivity index (χ3n) is 3.54. The van der Waals surface area contributed by atoms with Gasteiger partial charge in [-0.1, -0.05) is 29.8 Å². The molecule has 0 aliphatic carbocycles. The van der Waals surface area contributed by atoms with Gasteiger partial charge in [-0.05, 0) is 56.2 Å². The number of hydrogen-bond acceptors (Lipinski definition) is 2. The van der Waals surface area contributed by atoms with E-state index in [4.69, 9.17) is 16.3 Å². The highest BCUT2D eigenvalue weighted by molar-refractivity contribution is 6.32. The number of hydrogen-bond donors (Lipinski definition) is 0. The summed E-state index contributed by atoms with van der Waals surface area (Å²) in [7, 11) is 1.75. The molecule has 0 heterocycles. The zero-order valence-electron chi connectivity index (χ0n) is 13.3. The van der Waals surface area contributed by atoms with Crippen LogP contribution in [0.1, 0.15) is 18.1 Å². The van der Waals surface area contributed by atoms with Crippen LogP contribution in [0.25, 0.3) is 0 Å². The number of anilines is 1. The Labute approximate surface area is 136 Å². The summed E-state index contributed by atoms with van der Waals surface area (Å²) in [6.45, 7) is 5.59. The second-order valence-corrected chi connectivity index (χ2v) is 5.74. The summed E-state index contributed by atoms with van der Waals surface area (Å²) >= 11 is 6.15. The molecule has 0 spiro atoms. The standard InChI is InChI=1S/C18H20ClNO2/c1-12-10-16(11-13(2)17(12)19)22-14(3)18(21)20(4)15-8-6-5-7-9-15/h5-11,14H,1-4H3/t14-/m1/s1. The molecule has 0 fully saturated rings. The number of ether oxygens (including phenoxy) is 1. The third kappa shape index (κ3) is 3.60. The van der Waals surface area contributed by atoms with Crippen molar-refractivity contribution < 1.29 is 9.53 Å². The summed E-state index contributed by atoms with van der Waals surface area (Å²) in [5, 5.41) is 0.729. The van der Waals surface area contributed by atoms with E-state index in [0.717, 1.165) is 21.8 Å². The second kappa shape index (κ2) is 6.84. The molecule has 0 saturated carbocycles. The lowest BCUT2D eigenvalue weighted by molar-refractivity contribution is -0.124. The Morgan fingerprint density at radius 2 is 1.68 bits per heavy atom. The van der Waals surface area contributed by atoms with Crippen LogP contribution in [-0.2, 0) is 4.79 Å². The van der Waals surface area contributed by atoms with Crippen LogP contribution in [0.2, 0.25) is 5.02 Å². The first-order valence-corrected chi connectivity index (χ1v) is 7.54. The van der Waals surface area contributed by atoms with E-state index in [1.54, 1.807) is 18.9 Å². The topological polar surface area (TPSA) is 29.5 Å². The summed E-state index contributed by atoms with van der Waals surface area (Å²) in [5.41, 5.74) is 2.71. The quantitative estimate of drug-likeness (QED) is 0.837. The molecule has 0 unspecified atom stereocenters. The molecular formula is C18H20ClNO2. The number of para-hydroxylation sites is 1. The summed E-state index contributed by atoms with van der Waals surface area (Å²) in [6.07, 6.45) is -0.579. The van der Waals surface area contributed by atoms with Gasteiger partial charge in [0.05, 0.1) is 0 Å². The number of aryl methyl sites for hydroxylation is 2. The van der Waals surface area contributed by atoms with Crippen LogP contribution in [0.4, 0.5) is 5.69 Å². The molecule has 0 aliphatic rings. The largest absolute Gasteiger partial charge is 0.481 e. The molecule has 0 saturated heterocycles. The van der Waals surface area contributed by atoms with Crippen LogP contribution in [0.15, 0.2) is 42.5 Å². The zero-order chi connectivity index (χ0) is 16.3. The normalized spacial score (nSPS) is 11.9. The number of likely N-dealkylation sites (N-methyl/N-ethyl adjacent to an activating group) is 1. The summed E-state index contributed by atoms with van der Waals surface area (Å²) in [5.74, 6) is 0.554. The Morgan fingerprint density at radius 1 is 1.14 bits per heavy atom. The number of rotatable bonds is 4. The molecule has 22 heavy (non-hydrogen) atoms.